The number of hydrazone groups is 1. The summed E-state index contributed by atoms with van der Waals surface area (Å²) < 4.78 is 0. The lowest BCUT2D eigenvalue weighted by molar-refractivity contribution is -1.09. The molecule has 0 aromatic rings. The summed E-state index contributed by atoms with van der Waals surface area (Å²) >= 11 is 0. The van der Waals surface area contributed by atoms with E-state index in [1.54, 1.807) is 13.8 Å². The second-order valence-electron chi connectivity index (χ2n) is 2.39. The summed E-state index contributed by atoms with van der Waals surface area (Å²) in [5, 5.41) is 13.9. The molecule has 0 saturated carbocycles. The third kappa shape index (κ3) is 2.30. The number of hydroxylamine groups is 2. The SMILES string of the molecule is C=NNC(C)(C)[NH+]([O-])OC. The minimum Gasteiger partial charge on any atom is -0.598 e. The summed E-state index contributed by atoms with van der Waals surface area (Å²) in [6.45, 7) is 6.51. The van der Waals surface area contributed by atoms with Gasteiger partial charge in [0.15, 0.2) is 0 Å². The minimum absolute atomic E-state index is 0.361. The normalized spacial score (nSPS) is 14.4. The Balaban J connectivity index is 3.94. The molecule has 0 aromatic heterocycles. The van der Waals surface area contributed by atoms with Crippen LogP contribution in [0.1, 0.15) is 13.8 Å². The highest BCUT2D eigenvalue weighted by Gasteiger charge is 2.24. The maximum absolute atomic E-state index is 10.9. The van der Waals surface area contributed by atoms with Crippen molar-refractivity contribution in [1.82, 2.24) is 5.43 Å². The van der Waals surface area contributed by atoms with Crippen LogP contribution in [0.3, 0.4) is 0 Å². The van der Waals surface area contributed by atoms with E-state index in [0.717, 1.165) is 0 Å². The van der Waals surface area contributed by atoms with Gasteiger partial charge in [0.25, 0.3) is 0 Å². The summed E-state index contributed by atoms with van der Waals surface area (Å²) in [6.07, 6.45) is 0. The summed E-state index contributed by atoms with van der Waals surface area (Å²) in [6, 6.07) is 0. The molecule has 5 heteroatoms. The van der Waals surface area contributed by atoms with E-state index in [1.807, 2.05) is 0 Å². The van der Waals surface area contributed by atoms with Gasteiger partial charge in [-0.3, -0.25) is 5.43 Å². The first-order valence-electron chi connectivity index (χ1n) is 2.86. The van der Waals surface area contributed by atoms with E-state index in [9.17, 15) is 5.21 Å². The highest BCUT2D eigenvalue weighted by Crippen LogP contribution is 1.87. The van der Waals surface area contributed by atoms with Gasteiger partial charge in [0.05, 0.1) is 7.11 Å². The number of rotatable bonds is 4. The van der Waals surface area contributed by atoms with Crippen molar-refractivity contribution in [2.45, 2.75) is 19.5 Å². The third-order valence-corrected chi connectivity index (χ3v) is 1.05. The number of nitrogens with one attached hydrogen (secondary N) is 2. The highest BCUT2D eigenvalue weighted by molar-refractivity contribution is 5.22. The molecule has 0 heterocycles. The quantitative estimate of drug-likeness (QED) is 0.300. The Morgan fingerprint density at radius 2 is 2.20 bits per heavy atom. The van der Waals surface area contributed by atoms with Crippen LogP contribution in [0.2, 0.25) is 0 Å². The molecule has 5 nitrogen and oxygen atoms in total. The fourth-order valence-corrected chi connectivity index (χ4v) is 0.498. The molecule has 0 fully saturated rings. The Labute approximate surface area is 60.2 Å². The monoisotopic (exact) mass is 147 g/mol. The van der Waals surface area contributed by atoms with E-state index in [1.165, 1.54) is 7.11 Å². The van der Waals surface area contributed by atoms with Crippen molar-refractivity contribution < 1.29 is 10.1 Å². The lowest BCUT2D eigenvalue weighted by Gasteiger charge is -2.33. The van der Waals surface area contributed by atoms with E-state index in [4.69, 9.17) is 0 Å². The van der Waals surface area contributed by atoms with Crippen LogP contribution < -0.4 is 10.7 Å². The van der Waals surface area contributed by atoms with Gasteiger partial charge in [-0.25, -0.2) is 10.1 Å². The van der Waals surface area contributed by atoms with Gasteiger partial charge >= 0.3 is 0 Å². The summed E-state index contributed by atoms with van der Waals surface area (Å²) in [5.74, 6) is 0. The lowest BCUT2D eigenvalue weighted by Crippen LogP contribution is -3.16. The highest BCUT2D eigenvalue weighted by atomic mass is 16.9. The lowest BCUT2D eigenvalue weighted by atomic mass is 10.3. The van der Waals surface area contributed by atoms with E-state index in [-0.39, 0.29) is 5.23 Å². The Hall–Kier alpha value is -0.650. The molecule has 0 aliphatic carbocycles. The van der Waals surface area contributed by atoms with E-state index in [2.05, 4.69) is 22.1 Å². The number of nitrogens with zero attached hydrogens (tertiary/aromatic N) is 1. The van der Waals surface area contributed by atoms with Crippen molar-refractivity contribution in [3.63, 3.8) is 0 Å². The second-order valence-corrected chi connectivity index (χ2v) is 2.39. The van der Waals surface area contributed by atoms with Gasteiger partial charge in [-0.2, -0.15) is 5.10 Å². The predicted octanol–water partition coefficient (Wildman–Crippen LogP) is -1.13. The molecular weight excluding hydrogens is 134 g/mol. The molecule has 0 bridgehead atoms. The first-order valence-corrected chi connectivity index (χ1v) is 2.86. The number of hydrogen-bond acceptors (Lipinski definition) is 4. The molecule has 1 atom stereocenters. The molecule has 0 rings (SSSR count). The zero-order chi connectivity index (χ0) is 8.20. The zero-order valence-corrected chi connectivity index (χ0v) is 6.47. The third-order valence-electron chi connectivity index (χ3n) is 1.05. The number of quaternary nitrogens is 1. The van der Waals surface area contributed by atoms with Crippen molar-refractivity contribution in [1.29, 1.82) is 0 Å². The van der Waals surface area contributed by atoms with E-state index >= 15 is 0 Å². The second kappa shape index (κ2) is 3.50. The van der Waals surface area contributed by atoms with E-state index in [0.29, 0.717) is 0 Å². The Kier molecular flexibility index (Phi) is 3.27. The van der Waals surface area contributed by atoms with Gasteiger partial charge in [0.2, 0.25) is 5.66 Å². The van der Waals surface area contributed by atoms with Crippen LogP contribution in [-0.2, 0) is 4.84 Å². The summed E-state index contributed by atoms with van der Waals surface area (Å²) in [7, 11) is 1.33. The maximum atomic E-state index is 10.9. The van der Waals surface area contributed by atoms with Crippen molar-refractivity contribution in [3.05, 3.63) is 5.21 Å². The van der Waals surface area contributed by atoms with Gasteiger partial charge in [-0.15, -0.1) is 0 Å². The smallest absolute Gasteiger partial charge is 0.209 e. The van der Waals surface area contributed by atoms with Gasteiger partial charge in [0.1, 0.15) is 0 Å². The molecule has 0 radical (unpaired) electrons. The standard InChI is InChI=1S/C5H13N3O2/c1-5(2,7-6-3)8(9)10-4/h7-8H,3H2,1-2,4H3. The molecule has 0 aliphatic heterocycles. The molecule has 0 aliphatic rings. The largest absolute Gasteiger partial charge is 0.598 e. The van der Waals surface area contributed by atoms with E-state index < -0.39 is 5.66 Å². The molecule has 0 aromatic carbocycles. The maximum Gasteiger partial charge on any atom is 0.209 e. The van der Waals surface area contributed by atoms with Crippen LogP contribution in [0.25, 0.3) is 0 Å². The molecule has 0 amide bonds. The van der Waals surface area contributed by atoms with Crippen molar-refractivity contribution in [2.24, 2.45) is 5.10 Å². The summed E-state index contributed by atoms with van der Waals surface area (Å²) in [5.41, 5.74) is 1.73. The molecular formula is C5H13N3O2. The van der Waals surface area contributed by atoms with Crippen molar-refractivity contribution >= 4 is 6.72 Å². The average molecular weight is 147 g/mol. The topological polar surface area (TPSA) is 61.1 Å². The van der Waals surface area contributed by atoms with Gasteiger partial charge in [-0.05, 0) is 0 Å². The summed E-state index contributed by atoms with van der Waals surface area (Å²) in [4.78, 5) is 4.48. The van der Waals surface area contributed by atoms with Crippen LogP contribution in [0, 0.1) is 5.21 Å². The zero-order valence-electron chi connectivity index (χ0n) is 6.47. The fourth-order valence-electron chi connectivity index (χ4n) is 0.498. The van der Waals surface area contributed by atoms with Crippen LogP contribution in [0.15, 0.2) is 5.10 Å². The van der Waals surface area contributed by atoms with Crippen molar-refractivity contribution in [3.8, 4) is 0 Å². The fraction of sp³-hybridized carbons (Fsp3) is 0.800. The molecule has 10 heavy (non-hydrogen) atoms. The first kappa shape index (κ1) is 9.35. The average Bonchev–Trinajstić information content (AvgIpc) is 1.86. The molecule has 60 valence electrons. The first-order chi connectivity index (χ1) is 4.54. The van der Waals surface area contributed by atoms with Gasteiger partial charge < -0.3 is 5.21 Å². The Bertz CT molecular complexity index is 115. The van der Waals surface area contributed by atoms with Crippen LogP contribution in [-0.4, -0.2) is 19.5 Å². The molecule has 0 saturated heterocycles. The van der Waals surface area contributed by atoms with Crippen LogP contribution in [0.4, 0.5) is 0 Å². The minimum atomic E-state index is -0.781. The Morgan fingerprint density at radius 1 is 1.70 bits per heavy atom. The Morgan fingerprint density at radius 3 is 2.50 bits per heavy atom. The molecule has 1 unspecified atom stereocenters. The number of hydrogen-bond donors (Lipinski definition) is 2. The predicted molar refractivity (Wildman–Crippen MR) is 38.1 cm³/mol. The van der Waals surface area contributed by atoms with Gasteiger partial charge in [-0.1, -0.05) is 0 Å². The van der Waals surface area contributed by atoms with Crippen LogP contribution >= 0.6 is 0 Å². The van der Waals surface area contributed by atoms with Gasteiger partial charge in [0, 0.05) is 20.6 Å². The molecule has 2 N–H and O–H groups in total. The van der Waals surface area contributed by atoms with Crippen LogP contribution in [0.5, 0.6) is 0 Å². The van der Waals surface area contributed by atoms with Crippen molar-refractivity contribution in [2.75, 3.05) is 7.11 Å². The molecule has 0 spiro atoms.